The predicted molar refractivity (Wildman–Crippen MR) is 106 cm³/mol. The maximum Gasteiger partial charge on any atom is 0.271 e. The maximum absolute atomic E-state index is 12.9. The second kappa shape index (κ2) is 7.81. The Kier molecular flexibility index (Phi) is 4.90. The molecule has 144 valence electrons. The van der Waals surface area contributed by atoms with Gasteiger partial charge >= 0.3 is 0 Å². The van der Waals surface area contributed by atoms with Gasteiger partial charge in [-0.05, 0) is 23.8 Å². The summed E-state index contributed by atoms with van der Waals surface area (Å²) < 4.78 is 6.76. The number of amides is 1. The van der Waals surface area contributed by atoms with E-state index in [9.17, 15) is 14.9 Å². The highest BCUT2D eigenvalue weighted by molar-refractivity contribution is 5.94. The maximum atomic E-state index is 12.9. The van der Waals surface area contributed by atoms with Crippen molar-refractivity contribution in [2.75, 3.05) is 0 Å². The van der Waals surface area contributed by atoms with Gasteiger partial charge in [0.25, 0.3) is 11.6 Å². The van der Waals surface area contributed by atoms with Gasteiger partial charge in [-0.3, -0.25) is 14.9 Å². The van der Waals surface area contributed by atoms with Gasteiger partial charge in [-0.2, -0.15) is 5.10 Å². The van der Waals surface area contributed by atoms with Crippen molar-refractivity contribution in [2.24, 2.45) is 0 Å². The van der Waals surface area contributed by atoms with Crippen LogP contribution >= 0.6 is 0 Å². The second-order valence-electron chi connectivity index (χ2n) is 6.25. The number of aromatic nitrogens is 2. The summed E-state index contributed by atoms with van der Waals surface area (Å²) in [4.78, 5) is 23.5. The summed E-state index contributed by atoms with van der Waals surface area (Å²) >= 11 is 0. The Morgan fingerprint density at radius 1 is 1.07 bits per heavy atom. The van der Waals surface area contributed by atoms with Gasteiger partial charge in [-0.15, -0.1) is 0 Å². The zero-order valence-electron chi connectivity index (χ0n) is 15.2. The highest BCUT2D eigenvalue weighted by atomic mass is 16.6. The first kappa shape index (κ1) is 18.2. The Hall–Kier alpha value is -4.20. The van der Waals surface area contributed by atoms with Crippen LogP contribution in [0.15, 0.2) is 83.5 Å². The molecule has 0 aliphatic heterocycles. The van der Waals surface area contributed by atoms with Crippen LogP contribution in [0.25, 0.3) is 17.1 Å². The molecule has 1 N–H and O–H groups in total. The van der Waals surface area contributed by atoms with Crippen molar-refractivity contribution in [3.63, 3.8) is 0 Å². The Balaban J connectivity index is 1.70. The molecule has 0 aliphatic rings. The number of nitro groups is 1. The molecule has 0 saturated heterocycles. The van der Waals surface area contributed by atoms with Crippen molar-refractivity contribution in [1.29, 1.82) is 0 Å². The zero-order valence-corrected chi connectivity index (χ0v) is 15.2. The van der Waals surface area contributed by atoms with E-state index in [1.54, 1.807) is 30.3 Å². The highest BCUT2D eigenvalue weighted by Crippen LogP contribution is 2.24. The van der Waals surface area contributed by atoms with E-state index >= 15 is 0 Å². The smallest absolute Gasteiger partial charge is 0.271 e. The number of rotatable bonds is 6. The molecule has 0 unspecified atom stereocenters. The van der Waals surface area contributed by atoms with Crippen molar-refractivity contribution in [1.82, 2.24) is 15.1 Å². The van der Waals surface area contributed by atoms with Gasteiger partial charge in [-0.1, -0.05) is 36.4 Å². The quantitative estimate of drug-likeness (QED) is 0.398. The SMILES string of the molecule is O=C(NCc1ccccc1)c1cc(-c2ccco2)nn1-c1cccc([N+](=O)[O-])c1. The molecule has 4 rings (SSSR count). The predicted octanol–water partition coefficient (Wildman–Crippen LogP) is 3.97. The van der Waals surface area contributed by atoms with E-state index in [4.69, 9.17) is 4.42 Å². The number of carbonyl (C=O) groups is 1. The fraction of sp³-hybridized carbons (Fsp3) is 0.0476. The lowest BCUT2D eigenvalue weighted by Gasteiger charge is -2.08. The van der Waals surface area contributed by atoms with E-state index in [-0.39, 0.29) is 17.3 Å². The lowest BCUT2D eigenvalue weighted by atomic mass is 10.2. The lowest BCUT2D eigenvalue weighted by molar-refractivity contribution is -0.384. The highest BCUT2D eigenvalue weighted by Gasteiger charge is 2.20. The molecule has 0 aliphatic carbocycles. The molecular weight excluding hydrogens is 372 g/mol. The number of nitro benzene ring substituents is 1. The molecular formula is C21H16N4O4. The fourth-order valence-corrected chi connectivity index (χ4v) is 2.89. The summed E-state index contributed by atoms with van der Waals surface area (Å²) in [5, 5.41) is 18.4. The molecule has 0 saturated carbocycles. The molecule has 0 fully saturated rings. The molecule has 1 amide bonds. The number of hydrogen-bond donors (Lipinski definition) is 1. The summed E-state index contributed by atoms with van der Waals surface area (Å²) in [6.07, 6.45) is 1.51. The molecule has 29 heavy (non-hydrogen) atoms. The first-order chi connectivity index (χ1) is 14.1. The van der Waals surface area contributed by atoms with Crippen LogP contribution in [0.1, 0.15) is 16.1 Å². The largest absolute Gasteiger partial charge is 0.463 e. The summed E-state index contributed by atoms with van der Waals surface area (Å²) in [7, 11) is 0. The first-order valence-electron chi connectivity index (χ1n) is 8.83. The number of benzene rings is 2. The van der Waals surface area contributed by atoms with E-state index in [2.05, 4.69) is 10.4 Å². The number of hydrogen-bond acceptors (Lipinski definition) is 5. The minimum atomic E-state index is -0.490. The summed E-state index contributed by atoms with van der Waals surface area (Å²) in [6.45, 7) is 0.343. The topological polar surface area (TPSA) is 103 Å². The monoisotopic (exact) mass is 388 g/mol. The molecule has 8 nitrogen and oxygen atoms in total. The van der Waals surface area contributed by atoms with Gasteiger partial charge in [0.05, 0.1) is 16.9 Å². The van der Waals surface area contributed by atoms with Crippen LogP contribution in [0.2, 0.25) is 0 Å². The van der Waals surface area contributed by atoms with Gasteiger partial charge < -0.3 is 9.73 Å². The van der Waals surface area contributed by atoms with Crippen molar-refractivity contribution < 1.29 is 14.1 Å². The average Bonchev–Trinajstić information content (AvgIpc) is 3.43. The van der Waals surface area contributed by atoms with E-state index in [0.717, 1.165) is 5.56 Å². The van der Waals surface area contributed by atoms with Gasteiger partial charge in [0.2, 0.25) is 0 Å². The minimum Gasteiger partial charge on any atom is -0.463 e. The molecule has 0 bridgehead atoms. The van der Waals surface area contributed by atoms with Gasteiger partial charge in [0.15, 0.2) is 5.76 Å². The number of non-ortho nitro benzene ring substituents is 1. The Morgan fingerprint density at radius 2 is 1.90 bits per heavy atom. The van der Waals surface area contributed by atoms with Gasteiger partial charge in [0.1, 0.15) is 11.4 Å². The Morgan fingerprint density at radius 3 is 2.62 bits per heavy atom. The Labute approximate surface area is 165 Å². The normalized spacial score (nSPS) is 10.6. The summed E-state index contributed by atoms with van der Waals surface area (Å²) in [5.41, 5.74) is 1.96. The lowest BCUT2D eigenvalue weighted by Crippen LogP contribution is -2.25. The number of carbonyl (C=O) groups excluding carboxylic acids is 1. The molecule has 0 radical (unpaired) electrons. The third kappa shape index (κ3) is 3.91. The fourth-order valence-electron chi connectivity index (χ4n) is 2.89. The number of nitrogens with one attached hydrogen (secondary N) is 1. The molecule has 2 aromatic carbocycles. The molecule has 4 aromatic rings. The van der Waals surface area contributed by atoms with Crippen LogP contribution in [0.3, 0.4) is 0 Å². The Bertz CT molecular complexity index is 1150. The van der Waals surface area contributed by atoms with Crippen LogP contribution in [0.4, 0.5) is 5.69 Å². The van der Waals surface area contributed by atoms with Crippen LogP contribution < -0.4 is 5.32 Å². The number of nitrogens with zero attached hydrogens (tertiary/aromatic N) is 3. The molecule has 0 spiro atoms. The molecule has 2 aromatic heterocycles. The molecule has 2 heterocycles. The first-order valence-corrected chi connectivity index (χ1v) is 8.83. The van der Waals surface area contributed by atoms with Gasteiger partial charge in [0, 0.05) is 24.7 Å². The standard InChI is InChI=1S/C21H16N4O4/c26-21(22-14-15-6-2-1-3-7-15)19-13-18(20-10-5-11-29-20)23-24(19)16-8-4-9-17(12-16)25(27)28/h1-13H,14H2,(H,22,26). The third-order valence-corrected chi connectivity index (χ3v) is 4.30. The van der Waals surface area contributed by atoms with Crippen molar-refractivity contribution in [3.8, 4) is 17.1 Å². The van der Waals surface area contributed by atoms with Crippen molar-refractivity contribution >= 4 is 11.6 Å². The van der Waals surface area contributed by atoms with Crippen molar-refractivity contribution in [2.45, 2.75) is 6.54 Å². The third-order valence-electron chi connectivity index (χ3n) is 4.30. The van der Waals surface area contributed by atoms with Crippen LogP contribution in [-0.2, 0) is 6.54 Å². The van der Waals surface area contributed by atoms with Crippen LogP contribution in [-0.4, -0.2) is 20.6 Å². The van der Waals surface area contributed by atoms with E-state index in [1.165, 1.54) is 23.1 Å². The van der Waals surface area contributed by atoms with Crippen molar-refractivity contribution in [3.05, 3.63) is 100 Å². The van der Waals surface area contributed by atoms with Crippen LogP contribution in [0.5, 0.6) is 0 Å². The molecule has 8 heteroatoms. The average molecular weight is 388 g/mol. The number of furan rings is 1. The zero-order chi connectivity index (χ0) is 20.2. The summed E-state index contributed by atoms with van der Waals surface area (Å²) in [5.74, 6) is 0.136. The minimum absolute atomic E-state index is 0.0896. The van der Waals surface area contributed by atoms with E-state index in [0.29, 0.717) is 23.7 Å². The van der Waals surface area contributed by atoms with E-state index in [1.807, 2.05) is 30.3 Å². The molecule has 0 atom stereocenters. The van der Waals surface area contributed by atoms with Gasteiger partial charge in [-0.25, -0.2) is 4.68 Å². The second-order valence-corrected chi connectivity index (χ2v) is 6.25. The summed E-state index contributed by atoms with van der Waals surface area (Å²) in [6, 6.07) is 20.5. The van der Waals surface area contributed by atoms with E-state index < -0.39 is 4.92 Å². The van der Waals surface area contributed by atoms with Crippen LogP contribution in [0, 0.1) is 10.1 Å².